The molecule has 7 rings (SSSR count). The van der Waals surface area contributed by atoms with Gasteiger partial charge in [-0.15, -0.1) is 0 Å². The number of hydrogen-bond donors (Lipinski definition) is 0. The molecule has 0 N–H and O–H groups in total. The fourth-order valence-electron chi connectivity index (χ4n) is 7.41. The zero-order chi connectivity index (χ0) is 32.3. The van der Waals surface area contributed by atoms with Gasteiger partial charge in [-0.3, -0.25) is 9.69 Å². The Kier molecular flexibility index (Phi) is 7.79. The van der Waals surface area contributed by atoms with Crippen LogP contribution in [0.1, 0.15) is 26.2 Å². The summed E-state index contributed by atoms with van der Waals surface area (Å²) in [4.78, 5) is 27.2. The van der Waals surface area contributed by atoms with Crippen molar-refractivity contribution in [2.75, 3.05) is 44.2 Å². The zero-order valence-corrected chi connectivity index (χ0v) is 26.0. The average molecular weight is 654 g/mol. The van der Waals surface area contributed by atoms with Crippen LogP contribution in [-0.4, -0.2) is 82.8 Å². The lowest BCUT2D eigenvalue weighted by atomic mass is 9.95. The Morgan fingerprint density at radius 3 is 2.70 bits per heavy atom. The molecule has 46 heavy (non-hydrogen) atoms. The molecule has 3 fully saturated rings. The molecular formula is C34H32ClF4N5O2. The number of halogens is 5. The van der Waals surface area contributed by atoms with Crippen molar-refractivity contribution in [3.05, 3.63) is 71.5 Å². The molecule has 4 heterocycles. The van der Waals surface area contributed by atoms with Crippen molar-refractivity contribution in [3.8, 4) is 17.1 Å². The molecule has 3 aromatic carbocycles. The van der Waals surface area contributed by atoms with Crippen LogP contribution in [0.5, 0.6) is 6.01 Å². The van der Waals surface area contributed by atoms with Gasteiger partial charge >= 0.3 is 6.01 Å². The summed E-state index contributed by atoms with van der Waals surface area (Å²) in [6.07, 6.45) is 1.19. The van der Waals surface area contributed by atoms with Crippen molar-refractivity contribution in [1.29, 1.82) is 0 Å². The monoisotopic (exact) mass is 653 g/mol. The average Bonchev–Trinajstić information content (AvgIpc) is 3.56. The Bertz CT molecular complexity index is 1890. The van der Waals surface area contributed by atoms with Gasteiger partial charge < -0.3 is 14.5 Å². The fourth-order valence-corrected chi connectivity index (χ4v) is 7.69. The molecule has 1 amide bonds. The second-order valence-corrected chi connectivity index (χ2v) is 12.9. The first-order valence-electron chi connectivity index (χ1n) is 15.4. The van der Waals surface area contributed by atoms with Crippen LogP contribution in [0.15, 0.2) is 54.9 Å². The van der Waals surface area contributed by atoms with Gasteiger partial charge in [-0.05, 0) is 55.5 Å². The van der Waals surface area contributed by atoms with Crippen LogP contribution in [0.3, 0.4) is 0 Å². The lowest BCUT2D eigenvalue weighted by molar-refractivity contribution is -0.129. The van der Waals surface area contributed by atoms with E-state index in [1.807, 2.05) is 11.8 Å². The molecule has 7 nitrogen and oxygen atoms in total. The van der Waals surface area contributed by atoms with Crippen molar-refractivity contribution in [1.82, 2.24) is 19.8 Å². The number of alkyl halides is 1. The number of benzene rings is 3. The van der Waals surface area contributed by atoms with Crippen molar-refractivity contribution in [2.45, 2.75) is 43.9 Å². The van der Waals surface area contributed by atoms with Gasteiger partial charge in [0.25, 0.3) is 5.91 Å². The Balaban J connectivity index is 1.33. The van der Waals surface area contributed by atoms with Crippen molar-refractivity contribution in [3.63, 3.8) is 0 Å². The van der Waals surface area contributed by atoms with Gasteiger partial charge in [0.05, 0.1) is 16.1 Å². The highest BCUT2D eigenvalue weighted by Gasteiger charge is 2.49. The number of piperazine rings is 1. The Morgan fingerprint density at radius 1 is 1.09 bits per heavy atom. The summed E-state index contributed by atoms with van der Waals surface area (Å²) in [5, 5.41) is 1.31. The number of nitrogens with zero attached hydrogens (tertiary/aromatic N) is 5. The Hall–Kier alpha value is -3.96. The van der Waals surface area contributed by atoms with Crippen LogP contribution >= 0.6 is 11.6 Å². The number of ether oxygens (including phenoxy) is 1. The number of carbonyl (C=O) groups excluding carboxylic acids is 1. The van der Waals surface area contributed by atoms with Gasteiger partial charge in [-0.25, -0.2) is 17.6 Å². The summed E-state index contributed by atoms with van der Waals surface area (Å²) < 4.78 is 65.0. The lowest BCUT2D eigenvalue weighted by Crippen LogP contribution is -2.54. The van der Waals surface area contributed by atoms with E-state index in [0.717, 1.165) is 19.4 Å². The van der Waals surface area contributed by atoms with Crippen LogP contribution in [0.25, 0.3) is 32.8 Å². The summed E-state index contributed by atoms with van der Waals surface area (Å²) in [6.45, 7) is 7.04. The predicted octanol–water partition coefficient (Wildman–Crippen LogP) is 6.86. The topological polar surface area (TPSA) is 61.8 Å². The molecule has 4 aromatic rings. The minimum Gasteiger partial charge on any atom is -0.461 e. The maximum atomic E-state index is 16.1. The van der Waals surface area contributed by atoms with E-state index in [-0.39, 0.29) is 48.9 Å². The summed E-state index contributed by atoms with van der Waals surface area (Å²) in [5.41, 5.74) is 0.502. The van der Waals surface area contributed by atoms with Gasteiger partial charge in [0, 0.05) is 55.0 Å². The fraction of sp³-hybridized carbons (Fsp3) is 0.382. The molecule has 3 atom stereocenters. The molecular weight excluding hydrogens is 622 g/mol. The van der Waals surface area contributed by atoms with Crippen LogP contribution in [0.4, 0.5) is 23.4 Å². The second-order valence-electron chi connectivity index (χ2n) is 12.5. The van der Waals surface area contributed by atoms with E-state index in [0.29, 0.717) is 46.0 Å². The number of anilines is 1. The highest BCUT2D eigenvalue weighted by atomic mass is 35.5. The van der Waals surface area contributed by atoms with Crippen molar-refractivity contribution >= 4 is 45.0 Å². The largest absolute Gasteiger partial charge is 0.461 e. The lowest BCUT2D eigenvalue weighted by Gasteiger charge is -2.40. The van der Waals surface area contributed by atoms with Gasteiger partial charge in [-0.2, -0.15) is 9.97 Å². The van der Waals surface area contributed by atoms with Gasteiger partial charge in [0.1, 0.15) is 30.2 Å². The van der Waals surface area contributed by atoms with E-state index in [4.69, 9.17) is 21.3 Å². The van der Waals surface area contributed by atoms with Gasteiger partial charge in [0.2, 0.25) is 0 Å². The first-order chi connectivity index (χ1) is 22.0. The highest BCUT2D eigenvalue weighted by Crippen LogP contribution is 2.42. The molecule has 0 saturated carbocycles. The maximum Gasteiger partial charge on any atom is 0.319 e. The minimum atomic E-state index is -1.03. The van der Waals surface area contributed by atoms with Crippen LogP contribution in [0.2, 0.25) is 5.02 Å². The normalized spacial score (nSPS) is 23.3. The minimum absolute atomic E-state index is 0.0495. The van der Waals surface area contributed by atoms with Crippen molar-refractivity contribution in [2.24, 2.45) is 0 Å². The van der Waals surface area contributed by atoms with Crippen LogP contribution in [0, 0.1) is 11.6 Å². The van der Waals surface area contributed by atoms with E-state index in [1.54, 1.807) is 30.3 Å². The molecule has 3 saturated heterocycles. The number of fused-ring (bicyclic) bond motifs is 3. The van der Waals surface area contributed by atoms with Gasteiger partial charge in [-0.1, -0.05) is 42.4 Å². The van der Waals surface area contributed by atoms with E-state index in [9.17, 15) is 18.0 Å². The quantitative estimate of drug-likeness (QED) is 0.168. The van der Waals surface area contributed by atoms with E-state index in [1.165, 1.54) is 17.0 Å². The van der Waals surface area contributed by atoms with E-state index >= 15 is 4.39 Å². The maximum absolute atomic E-state index is 16.1. The molecule has 1 unspecified atom stereocenters. The molecule has 3 aliphatic rings. The molecule has 3 aliphatic heterocycles. The Labute approximate surface area is 268 Å². The summed E-state index contributed by atoms with van der Waals surface area (Å²) in [5.74, 6) is -2.62. The van der Waals surface area contributed by atoms with Crippen LogP contribution in [-0.2, 0) is 4.79 Å². The van der Waals surface area contributed by atoms with Gasteiger partial charge in [0.15, 0.2) is 5.83 Å². The van der Waals surface area contributed by atoms with Crippen molar-refractivity contribution < 1.29 is 27.1 Å². The zero-order valence-electron chi connectivity index (χ0n) is 25.2. The molecule has 0 bridgehead atoms. The second kappa shape index (κ2) is 11.7. The number of amides is 1. The van der Waals surface area contributed by atoms with E-state index in [2.05, 4.69) is 16.5 Å². The standard InChI is InChI=1S/C34H32ClF4N5O2/c1-19-16-42(32(45)20(2)36)11-12-44(19)31-25-13-27(39)24(23-6-3-5-21-7-8-26(38)30(35)29(21)23)14-28(25)40-33(41-31)46-18-34-9-4-10-43(34)17-22(37)15-34/h3,5-8,13-14,19,22H,2,4,9-12,15-18H2,1H3/t19-,22?,34-/m0/s1. The highest BCUT2D eigenvalue weighted by molar-refractivity contribution is 6.37. The molecule has 0 radical (unpaired) electrons. The molecule has 0 aliphatic carbocycles. The summed E-state index contributed by atoms with van der Waals surface area (Å²) in [7, 11) is 0. The number of rotatable bonds is 6. The SMILES string of the molecule is C=C(F)C(=O)N1CCN(c2nc(OC[C@@]34CCCN3CC(F)C4)nc3cc(-c4cccc5ccc(F)c(Cl)c45)c(F)cc23)[C@@H](C)C1. The number of carbonyl (C=O) groups is 1. The third-order valence-electron chi connectivity index (χ3n) is 9.62. The molecule has 0 spiro atoms. The molecule has 12 heteroatoms. The third-order valence-corrected chi connectivity index (χ3v) is 9.99. The first-order valence-corrected chi connectivity index (χ1v) is 15.7. The molecule has 240 valence electrons. The van der Waals surface area contributed by atoms with Crippen LogP contribution < -0.4 is 9.64 Å². The number of hydrogen-bond acceptors (Lipinski definition) is 6. The number of aromatic nitrogens is 2. The smallest absolute Gasteiger partial charge is 0.319 e. The summed E-state index contributed by atoms with van der Waals surface area (Å²) >= 11 is 6.39. The van der Waals surface area contributed by atoms with E-state index < -0.39 is 35.1 Å². The predicted molar refractivity (Wildman–Crippen MR) is 170 cm³/mol. The molecule has 1 aromatic heterocycles. The Morgan fingerprint density at radius 2 is 1.91 bits per heavy atom. The summed E-state index contributed by atoms with van der Waals surface area (Å²) in [6, 6.07) is 10.7. The third kappa shape index (κ3) is 5.23. The first kappa shape index (κ1) is 30.7.